The van der Waals surface area contributed by atoms with Crippen molar-refractivity contribution in [3.8, 4) is 0 Å². The molecule has 1 aliphatic rings. The van der Waals surface area contributed by atoms with E-state index in [-0.39, 0.29) is 12.3 Å². The Morgan fingerprint density at radius 3 is 2.56 bits per heavy atom. The quantitative estimate of drug-likeness (QED) is 0.780. The minimum absolute atomic E-state index is 0.0454. The minimum atomic E-state index is -1.00. The van der Waals surface area contributed by atoms with Crippen molar-refractivity contribution in [2.45, 2.75) is 33.6 Å². The Balaban J connectivity index is 2.53. The molecule has 104 valence electrons. The molecule has 0 spiro atoms. The molecule has 1 unspecified atom stereocenters. The van der Waals surface area contributed by atoms with Gasteiger partial charge in [-0.15, -0.1) is 0 Å². The van der Waals surface area contributed by atoms with Gasteiger partial charge in [0.1, 0.15) is 0 Å². The van der Waals surface area contributed by atoms with E-state index in [0.717, 1.165) is 13.0 Å². The van der Waals surface area contributed by atoms with Gasteiger partial charge in [-0.05, 0) is 27.2 Å². The second kappa shape index (κ2) is 6.18. The van der Waals surface area contributed by atoms with Gasteiger partial charge in [0, 0.05) is 32.0 Å². The summed E-state index contributed by atoms with van der Waals surface area (Å²) in [7, 11) is 0. The highest BCUT2D eigenvalue weighted by Crippen LogP contribution is 2.23. The molecule has 1 atom stereocenters. The maximum Gasteiger partial charge on any atom is 0.309 e. The summed E-state index contributed by atoms with van der Waals surface area (Å²) in [4.78, 5) is 24.9. The molecular formula is C13H23NO4. The molecule has 1 rings (SSSR count). The number of rotatable bonds is 6. The molecule has 5 heteroatoms. The van der Waals surface area contributed by atoms with Crippen LogP contribution < -0.4 is 0 Å². The number of amides is 1. The Morgan fingerprint density at radius 2 is 2.11 bits per heavy atom. The van der Waals surface area contributed by atoms with E-state index in [1.807, 2.05) is 6.92 Å². The van der Waals surface area contributed by atoms with Crippen LogP contribution >= 0.6 is 0 Å². The summed E-state index contributed by atoms with van der Waals surface area (Å²) >= 11 is 0. The fraction of sp³-hybridized carbons (Fsp3) is 0.846. The zero-order chi connectivity index (χ0) is 13.8. The number of hydrogen-bond donors (Lipinski definition) is 1. The summed E-state index contributed by atoms with van der Waals surface area (Å²) in [5.41, 5.74) is -1.00. The summed E-state index contributed by atoms with van der Waals surface area (Å²) in [6.07, 6.45) is 1.02. The van der Waals surface area contributed by atoms with Crippen LogP contribution in [0.3, 0.4) is 0 Å². The van der Waals surface area contributed by atoms with Gasteiger partial charge in [-0.25, -0.2) is 0 Å². The van der Waals surface area contributed by atoms with Crippen molar-refractivity contribution in [1.29, 1.82) is 0 Å². The van der Waals surface area contributed by atoms with E-state index in [4.69, 9.17) is 9.84 Å². The van der Waals surface area contributed by atoms with Crippen molar-refractivity contribution in [3.63, 3.8) is 0 Å². The van der Waals surface area contributed by atoms with E-state index >= 15 is 0 Å². The lowest BCUT2D eigenvalue weighted by atomic mass is 9.89. The maximum absolute atomic E-state index is 12.1. The third-order valence-corrected chi connectivity index (χ3v) is 3.41. The Kier molecular flexibility index (Phi) is 5.14. The molecule has 1 heterocycles. The van der Waals surface area contributed by atoms with Crippen molar-refractivity contribution in [1.82, 2.24) is 4.90 Å². The highest BCUT2D eigenvalue weighted by molar-refractivity contribution is 5.84. The molecule has 0 aliphatic carbocycles. The molecule has 1 fully saturated rings. The standard InChI is InChI=1S/C13H23NO4/c1-4-14(8-10-5-6-18-9-10)11(15)7-13(2,3)12(16)17/h10H,4-9H2,1-3H3,(H,16,17). The first-order valence-electron chi connectivity index (χ1n) is 6.45. The van der Waals surface area contributed by atoms with Crippen molar-refractivity contribution >= 4 is 11.9 Å². The molecule has 1 aliphatic heterocycles. The molecule has 18 heavy (non-hydrogen) atoms. The monoisotopic (exact) mass is 257 g/mol. The van der Waals surface area contributed by atoms with E-state index in [1.54, 1.807) is 18.7 Å². The number of carboxylic acids is 1. The number of nitrogens with zero attached hydrogens (tertiary/aromatic N) is 1. The predicted octanol–water partition coefficient (Wildman–Crippen LogP) is 1.37. The normalized spacial score (nSPS) is 19.8. The number of hydrogen-bond acceptors (Lipinski definition) is 3. The number of ether oxygens (including phenoxy) is 1. The van der Waals surface area contributed by atoms with Gasteiger partial charge in [0.25, 0.3) is 0 Å². The zero-order valence-electron chi connectivity index (χ0n) is 11.4. The molecule has 0 saturated carbocycles. The third kappa shape index (κ3) is 3.98. The van der Waals surface area contributed by atoms with Crippen LogP contribution in [-0.4, -0.2) is 48.2 Å². The van der Waals surface area contributed by atoms with Gasteiger partial charge in [-0.1, -0.05) is 0 Å². The molecule has 0 aromatic rings. The van der Waals surface area contributed by atoms with Gasteiger partial charge in [0.05, 0.1) is 12.0 Å². The third-order valence-electron chi connectivity index (χ3n) is 3.41. The number of carbonyl (C=O) groups excluding carboxylic acids is 1. The van der Waals surface area contributed by atoms with Gasteiger partial charge < -0.3 is 14.7 Å². The fourth-order valence-corrected chi connectivity index (χ4v) is 2.01. The fourth-order valence-electron chi connectivity index (χ4n) is 2.01. The first-order chi connectivity index (χ1) is 8.36. The lowest BCUT2D eigenvalue weighted by Gasteiger charge is -2.27. The Hall–Kier alpha value is -1.10. The highest BCUT2D eigenvalue weighted by Gasteiger charge is 2.32. The lowest BCUT2D eigenvalue weighted by molar-refractivity contribution is -0.151. The molecule has 0 radical (unpaired) electrons. The second-order valence-electron chi connectivity index (χ2n) is 5.53. The van der Waals surface area contributed by atoms with Crippen LogP contribution in [0.1, 0.15) is 33.6 Å². The average Bonchev–Trinajstić information content (AvgIpc) is 2.77. The Labute approximate surface area is 108 Å². The molecule has 1 amide bonds. The minimum Gasteiger partial charge on any atom is -0.481 e. The van der Waals surface area contributed by atoms with E-state index in [1.165, 1.54) is 0 Å². The Morgan fingerprint density at radius 1 is 1.44 bits per heavy atom. The van der Waals surface area contributed by atoms with Gasteiger partial charge in [-0.2, -0.15) is 0 Å². The molecule has 1 saturated heterocycles. The number of carboxylic acid groups (broad SMARTS) is 1. The first-order valence-corrected chi connectivity index (χ1v) is 6.45. The predicted molar refractivity (Wildman–Crippen MR) is 67.2 cm³/mol. The van der Waals surface area contributed by atoms with E-state index in [2.05, 4.69) is 0 Å². The van der Waals surface area contributed by atoms with Crippen LogP contribution in [0.25, 0.3) is 0 Å². The molecule has 0 aromatic carbocycles. The Bertz CT molecular complexity index is 308. The highest BCUT2D eigenvalue weighted by atomic mass is 16.5. The summed E-state index contributed by atoms with van der Waals surface area (Å²) in [5, 5.41) is 9.04. The van der Waals surface area contributed by atoms with Crippen LogP contribution in [0.15, 0.2) is 0 Å². The second-order valence-corrected chi connectivity index (χ2v) is 5.53. The lowest BCUT2D eigenvalue weighted by Crippen LogP contribution is -2.39. The largest absolute Gasteiger partial charge is 0.481 e. The topological polar surface area (TPSA) is 66.8 Å². The summed E-state index contributed by atoms with van der Waals surface area (Å²) in [6.45, 7) is 7.83. The SMILES string of the molecule is CCN(CC1CCOC1)C(=O)CC(C)(C)C(=O)O. The zero-order valence-corrected chi connectivity index (χ0v) is 11.4. The molecule has 0 aromatic heterocycles. The van der Waals surface area contributed by atoms with E-state index < -0.39 is 11.4 Å². The molecular weight excluding hydrogens is 234 g/mol. The van der Waals surface area contributed by atoms with Crippen LogP contribution in [0.2, 0.25) is 0 Å². The van der Waals surface area contributed by atoms with Crippen molar-refractivity contribution < 1.29 is 19.4 Å². The maximum atomic E-state index is 12.1. The van der Waals surface area contributed by atoms with Gasteiger partial charge in [0.2, 0.25) is 5.91 Å². The smallest absolute Gasteiger partial charge is 0.309 e. The van der Waals surface area contributed by atoms with Crippen LogP contribution in [0, 0.1) is 11.3 Å². The summed E-state index contributed by atoms with van der Waals surface area (Å²) in [5.74, 6) is -0.630. The van der Waals surface area contributed by atoms with Crippen molar-refractivity contribution in [3.05, 3.63) is 0 Å². The van der Waals surface area contributed by atoms with E-state index in [0.29, 0.717) is 25.6 Å². The van der Waals surface area contributed by atoms with Crippen LogP contribution in [0.5, 0.6) is 0 Å². The van der Waals surface area contributed by atoms with Gasteiger partial charge in [0.15, 0.2) is 0 Å². The number of aliphatic carboxylic acids is 1. The van der Waals surface area contributed by atoms with Crippen molar-refractivity contribution in [2.75, 3.05) is 26.3 Å². The first kappa shape index (κ1) is 15.0. The average molecular weight is 257 g/mol. The van der Waals surface area contributed by atoms with Crippen LogP contribution in [-0.2, 0) is 14.3 Å². The van der Waals surface area contributed by atoms with E-state index in [9.17, 15) is 9.59 Å². The molecule has 1 N–H and O–H groups in total. The van der Waals surface area contributed by atoms with Gasteiger partial charge >= 0.3 is 5.97 Å². The van der Waals surface area contributed by atoms with Crippen LogP contribution in [0.4, 0.5) is 0 Å². The van der Waals surface area contributed by atoms with Crippen molar-refractivity contribution in [2.24, 2.45) is 11.3 Å². The number of carbonyl (C=O) groups is 2. The molecule has 5 nitrogen and oxygen atoms in total. The van der Waals surface area contributed by atoms with Gasteiger partial charge in [-0.3, -0.25) is 9.59 Å². The summed E-state index contributed by atoms with van der Waals surface area (Å²) in [6, 6.07) is 0. The molecule has 0 bridgehead atoms. The summed E-state index contributed by atoms with van der Waals surface area (Å²) < 4.78 is 5.29.